The minimum atomic E-state index is -4.87. The molecular weight excluding hydrogens is 535 g/mol. The number of ether oxygens (including phenoxy) is 1. The van der Waals surface area contributed by atoms with Gasteiger partial charge in [0, 0.05) is 18.1 Å². The van der Waals surface area contributed by atoms with Gasteiger partial charge in [-0.15, -0.1) is 0 Å². The Morgan fingerprint density at radius 2 is 1.76 bits per heavy atom. The molecule has 0 aromatic heterocycles. The molecule has 0 atom stereocenters. The Kier molecular flexibility index (Phi) is 7.94. The second-order valence-corrected chi connectivity index (χ2v) is 9.21. The number of alkyl halides is 3. The van der Waals surface area contributed by atoms with Crippen LogP contribution in [0.2, 0.25) is 10.0 Å². The van der Waals surface area contributed by atoms with E-state index in [-0.39, 0.29) is 29.6 Å². The fourth-order valence-corrected chi connectivity index (χ4v) is 4.38. The molecule has 11 heteroatoms. The van der Waals surface area contributed by atoms with Gasteiger partial charge in [-0.1, -0.05) is 41.4 Å². The molecule has 2 amide bonds. The normalized spacial score (nSPS) is 13.2. The third-order valence-electron chi connectivity index (χ3n) is 5.88. The van der Waals surface area contributed by atoms with Crippen LogP contribution in [0.5, 0.6) is 5.75 Å². The van der Waals surface area contributed by atoms with Gasteiger partial charge in [-0.25, -0.2) is 4.39 Å². The second kappa shape index (κ2) is 11.0. The SMILES string of the molecule is O=C(Cc1cccc(C(F)(F)F)c1F)Nc1c(Cl)ccc2c1CCN(C(=O)COc1ccc(Cl)cc1)C2. The van der Waals surface area contributed by atoms with E-state index in [0.29, 0.717) is 41.1 Å². The summed E-state index contributed by atoms with van der Waals surface area (Å²) in [6.45, 7) is 0.415. The Balaban J connectivity index is 1.43. The van der Waals surface area contributed by atoms with Gasteiger partial charge in [-0.05, 0) is 59.5 Å². The maximum Gasteiger partial charge on any atom is 0.419 e. The van der Waals surface area contributed by atoms with Crippen LogP contribution >= 0.6 is 23.2 Å². The first kappa shape index (κ1) is 26.8. The third-order valence-corrected chi connectivity index (χ3v) is 6.45. The fraction of sp³-hybridized carbons (Fsp3) is 0.231. The lowest BCUT2D eigenvalue weighted by Gasteiger charge is -2.30. The second-order valence-electron chi connectivity index (χ2n) is 8.37. The van der Waals surface area contributed by atoms with E-state index in [1.54, 1.807) is 41.3 Å². The summed E-state index contributed by atoms with van der Waals surface area (Å²) in [6, 6.07) is 12.7. The smallest absolute Gasteiger partial charge is 0.419 e. The number of carbonyl (C=O) groups excluding carboxylic acids is 2. The first-order chi connectivity index (χ1) is 17.5. The standard InChI is InChI=1S/C26H20Cl2F4N2O3/c27-17-5-7-18(8-6-17)37-14-23(36)34-11-10-19-16(13-34)4-9-21(28)25(19)33-22(35)12-15-2-1-3-20(24(15)29)26(30,31)32/h1-9H,10-14H2,(H,33,35). The minimum absolute atomic E-state index is 0.170. The van der Waals surface area contributed by atoms with Crippen LogP contribution in [0.4, 0.5) is 23.2 Å². The van der Waals surface area contributed by atoms with Crippen LogP contribution in [0.15, 0.2) is 54.6 Å². The number of fused-ring (bicyclic) bond motifs is 1. The van der Waals surface area contributed by atoms with E-state index in [1.807, 2.05) is 0 Å². The number of nitrogens with one attached hydrogen (secondary N) is 1. The van der Waals surface area contributed by atoms with Crippen LogP contribution in [0.25, 0.3) is 0 Å². The van der Waals surface area contributed by atoms with Gasteiger partial charge in [0.15, 0.2) is 6.61 Å². The molecule has 0 spiro atoms. The molecule has 3 aromatic carbocycles. The van der Waals surface area contributed by atoms with Gasteiger partial charge >= 0.3 is 6.18 Å². The quantitative estimate of drug-likeness (QED) is 0.364. The van der Waals surface area contributed by atoms with Crippen molar-refractivity contribution in [1.29, 1.82) is 0 Å². The van der Waals surface area contributed by atoms with Crippen molar-refractivity contribution in [3.05, 3.63) is 92.7 Å². The van der Waals surface area contributed by atoms with Crippen LogP contribution in [-0.2, 0) is 35.2 Å². The highest BCUT2D eigenvalue weighted by Gasteiger charge is 2.35. The predicted molar refractivity (Wildman–Crippen MR) is 131 cm³/mol. The van der Waals surface area contributed by atoms with Gasteiger partial charge in [0.25, 0.3) is 5.91 Å². The maximum atomic E-state index is 14.3. The lowest BCUT2D eigenvalue weighted by Crippen LogP contribution is -2.39. The molecular formula is C26H20Cl2F4N2O3. The predicted octanol–water partition coefficient (Wildman–Crippen LogP) is 6.30. The van der Waals surface area contributed by atoms with Crippen molar-refractivity contribution in [3.63, 3.8) is 0 Å². The Bertz CT molecular complexity index is 1330. The summed E-state index contributed by atoms with van der Waals surface area (Å²) in [4.78, 5) is 26.9. The van der Waals surface area contributed by atoms with Crippen molar-refractivity contribution >= 4 is 40.7 Å². The molecule has 1 N–H and O–H groups in total. The summed E-state index contributed by atoms with van der Waals surface area (Å²) >= 11 is 12.1. The lowest BCUT2D eigenvalue weighted by atomic mass is 9.97. The Labute approximate surface area is 219 Å². The van der Waals surface area contributed by atoms with E-state index < -0.39 is 29.9 Å². The number of amides is 2. The van der Waals surface area contributed by atoms with Crippen molar-refractivity contribution in [2.45, 2.75) is 25.6 Å². The summed E-state index contributed by atoms with van der Waals surface area (Å²) in [7, 11) is 0. The molecule has 1 aliphatic heterocycles. The van der Waals surface area contributed by atoms with E-state index in [9.17, 15) is 27.2 Å². The van der Waals surface area contributed by atoms with Crippen LogP contribution in [0.3, 0.4) is 0 Å². The molecule has 0 fully saturated rings. The average molecular weight is 555 g/mol. The number of nitrogens with zero attached hydrogens (tertiary/aromatic N) is 1. The van der Waals surface area contributed by atoms with E-state index in [0.717, 1.165) is 17.7 Å². The highest BCUT2D eigenvalue weighted by atomic mass is 35.5. The highest BCUT2D eigenvalue weighted by molar-refractivity contribution is 6.34. The van der Waals surface area contributed by atoms with E-state index >= 15 is 0 Å². The van der Waals surface area contributed by atoms with Crippen molar-refractivity contribution in [1.82, 2.24) is 4.90 Å². The zero-order valence-electron chi connectivity index (χ0n) is 19.2. The number of anilines is 1. The van der Waals surface area contributed by atoms with Crippen molar-refractivity contribution in [2.24, 2.45) is 0 Å². The molecule has 0 radical (unpaired) electrons. The number of halogens is 6. The van der Waals surface area contributed by atoms with Crippen LogP contribution < -0.4 is 10.1 Å². The van der Waals surface area contributed by atoms with Gasteiger partial charge in [0.2, 0.25) is 5.91 Å². The third kappa shape index (κ3) is 6.34. The van der Waals surface area contributed by atoms with Gasteiger partial charge in [-0.3, -0.25) is 9.59 Å². The molecule has 0 bridgehead atoms. The summed E-state index contributed by atoms with van der Waals surface area (Å²) in [5.74, 6) is -1.94. The monoisotopic (exact) mass is 554 g/mol. The molecule has 3 aromatic rings. The molecule has 4 rings (SSSR count). The first-order valence-corrected chi connectivity index (χ1v) is 11.9. The van der Waals surface area contributed by atoms with Crippen LogP contribution in [-0.4, -0.2) is 29.9 Å². The number of hydrogen-bond donors (Lipinski definition) is 1. The van der Waals surface area contributed by atoms with E-state index in [2.05, 4.69) is 5.32 Å². The highest BCUT2D eigenvalue weighted by Crippen LogP contribution is 2.34. The van der Waals surface area contributed by atoms with Gasteiger partial charge in [-0.2, -0.15) is 13.2 Å². The maximum absolute atomic E-state index is 14.3. The zero-order chi connectivity index (χ0) is 26.7. The molecule has 1 aliphatic rings. The topological polar surface area (TPSA) is 58.6 Å². The molecule has 0 saturated heterocycles. The summed E-state index contributed by atoms with van der Waals surface area (Å²) in [5, 5.41) is 3.38. The molecule has 194 valence electrons. The number of hydrogen-bond acceptors (Lipinski definition) is 3. The lowest BCUT2D eigenvalue weighted by molar-refractivity contribution is -0.140. The van der Waals surface area contributed by atoms with Gasteiger partial charge in [0.05, 0.1) is 22.7 Å². The first-order valence-electron chi connectivity index (χ1n) is 11.1. The van der Waals surface area contributed by atoms with E-state index in [4.69, 9.17) is 27.9 Å². The summed E-state index contributed by atoms with van der Waals surface area (Å²) in [6.07, 6.45) is -5.11. The zero-order valence-corrected chi connectivity index (χ0v) is 20.7. The Morgan fingerprint density at radius 1 is 1.03 bits per heavy atom. The van der Waals surface area contributed by atoms with Gasteiger partial charge in [0.1, 0.15) is 11.6 Å². The fourth-order valence-electron chi connectivity index (χ4n) is 4.03. The van der Waals surface area contributed by atoms with Crippen LogP contribution in [0, 0.1) is 5.82 Å². The van der Waals surface area contributed by atoms with E-state index in [1.165, 1.54) is 0 Å². The Hall–Kier alpha value is -3.30. The molecule has 0 unspecified atom stereocenters. The largest absolute Gasteiger partial charge is 0.484 e. The average Bonchev–Trinajstić information content (AvgIpc) is 2.85. The number of rotatable bonds is 6. The van der Waals surface area contributed by atoms with Crippen molar-refractivity contribution in [3.8, 4) is 5.75 Å². The number of carbonyl (C=O) groups is 2. The van der Waals surface area contributed by atoms with Crippen LogP contribution in [0.1, 0.15) is 22.3 Å². The number of benzene rings is 3. The van der Waals surface area contributed by atoms with Crippen molar-refractivity contribution in [2.75, 3.05) is 18.5 Å². The molecule has 0 saturated carbocycles. The Morgan fingerprint density at radius 3 is 2.46 bits per heavy atom. The molecule has 0 aliphatic carbocycles. The summed E-state index contributed by atoms with van der Waals surface area (Å²) < 4.78 is 58.9. The molecule has 1 heterocycles. The molecule has 5 nitrogen and oxygen atoms in total. The van der Waals surface area contributed by atoms with Crippen molar-refractivity contribution < 1.29 is 31.9 Å². The molecule has 37 heavy (non-hydrogen) atoms. The van der Waals surface area contributed by atoms with Gasteiger partial charge < -0.3 is 15.0 Å². The summed E-state index contributed by atoms with van der Waals surface area (Å²) in [5.41, 5.74) is -0.0754. The minimum Gasteiger partial charge on any atom is -0.484 e.